The van der Waals surface area contributed by atoms with Gasteiger partial charge in [-0.3, -0.25) is 9.36 Å². The maximum absolute atomic E-state index is 12.0. The summed E-state index contributed by atoms with van der Waals surface area (Å²) in [5.74, 6) is -0.247. The van der Waals surface area contributed by atoms with Crippen LogP contribution in [0.25, 0.3) is 0 Å². The molecule has 0 saturated heterocycles. The Kier molecular flexibility index (Phi) is 3.96. The van der Waals surface area contributed by atoms with E-state index in [1.165, 1.54) is 29.5 Å². The zero-order valence-corrected chi connectivity index (χ0v) is 14.1. The molecule has 0 bridgehead atoms. The van der Waals surface area contributed by atoms with Crippen LogP contribution in [0.5, 0.6) is 5.88 Å². The molecule has 1 aliphatic carbocycles. The summed E-state index contributed by atoms with van der Waals surface area (Å²) >= 11 is 1.49. The van der Waals surface area contributed by atoms with Crippen LogP contribution in [0.1, 0.15) is 39.1 Å². The summed E-state index contributed by atoms with van der Waals surface area (Å²) in [7, 11) is 1.40. The Morgan fingerprint density at radius 2 is 2.00 bits per heavy atom. The number of hydrogen-bond donors (Lipinski definition) is 1. The van der Waals surface area contributed by atoms with E-state index in [0.29, 0.717) is 21.7 Å². The summed E-state index contributed by atoms with van der Waals surface area (Å²) in [6, 6.07) is 4.08. The smallest absolute Gasteiger partial charge is 0.271 e. The fourth-order valence-electron chi connectivity index (χ4n) is 2.91. The van der Waals surface area contributed by atoms with Crippen LogP contribution in [0.2, 0.25) is 0 Å². The van der Waals surface area contributed by atoms with Gasteiger partial charge < -0.3 is 5.11 Å². The fraction of sp³-hybridized carbons (Fsp3) is 0.294. The van der Waals surface area contributed by atoms with Crippen molar-refractivity contribution in [2.75, 3.05) is 0 Å². The lowest BCUT2D eigenvalue weighted by atomic mass is 10.1. The highest BCUT2D eigenvalue weighted by molar-refractivity contribution is 7.16. The van der Waals surface area contributed by atoms with Crippen molar-refractivity contribution in [3.05, 3.63) is 43.0 Å². The van der Waals surface area contributed by atoms with Crippen LogP contribution in [-0.2, 0) is 19.9 Å². The van der Waals surface area contributed by atoms with Crippen molar-refractivity contribution < 1.29 is 5.11 Å². The number of fused-ring (bicyclic) bond motifs is 1. The number of nitrogens with zero attached hydrogens (tertiary/aromatic N) is 4. The Bertz CT molecular complexity index is 1020. The zero-order chi connectivity index (χ0) is 17.4. The van der Waals surface area contributed by atoms with Gasteiger partial charge in [-0.2, -0.15) is 10.5 Å². The molecule has 0 radical (unpaired) electrons. The zero-order valence-electron chi connectivity index (χ0n) is 13.3. The number of pyridine rings is 1. The molecule has 7 heteroatoms. The molecule has 6 nitrogen and oxygen atoms in total. The first-order valence-electron chi connectivity index (χ1n) is 7.41. The average molecular weight is 338 g/mol. The van der Waals surface area contributed by atoms with Crippen LogP contribution in [0.3, 0.4) is 0 Å². The Balaban J connectivity index is 2.12. The van der Waals surface area contributed by atoms with Gasteiger partial charge in [-0.25, -0.2) is 4.99 Å². The maximum atomic E-state index is 12.0. The molecule has 0 atom stereocenters. The minimum absolute atomic E-state index is 0.0223. The number of nitriles is 2. The van der Waals surface area contributed by atoms with Crippen LogP contribution < -0.4 is 5.56 Å². The van der Waals surface area contributed by atoms with E-state index in [1.54, 1.807) is 6.92 Å². The lowest BCUT2D eigenvalue weighted by molar-refractivity contribution is 0.421. The molecule has 0 aromatic carbocycles. The van der Waals surface area contributed by atoms with Crippen molar-refractivity contribution in [2.24, 2.45) is 12.0 Å². The Morgan fingerprint density at radius 3 is 2.67 bits per heavy atom. The second-order valence-electron chi connectivity index (χ2n) is 5.62. The van der Waals surface area contributed by atoms with Crippen molar-refractivity contribution in [3.63, 3.8) is 0 Å². The molecule has 2 aromatic rings. The van der Waals surface area contributed by atoms with Crippen molar-refractivity contribution >= 4 is 22.6 Å². The second kappa shape index (κ2) is 5.95. The maximum Gasteiger partial charge on any atom is 0.271 e. The van der Waals surface area contributed by atoms with Gasteiger partial charge >= 0.3 is 0 Å². The molecule has 0 amide bonds. The fourth-order valence-corrected chi connectivity index (χ4v) is 4.10. The first kappa shape index (κ1) is 16.0. The predicted octanol–water partition coefficient (Wildman–Crippen LogP) is 2.44. The summed E-state index contributed by atoms with van der Waals surface area (Å²) in [6.07, 6.45) is 4.35. The van der Waals surface area contributed by atoms with E-state index in [-0.39, 0.29) is 11.4 Å². The van der Waals surface area contributed by atoms with Crippen LogP contribution in [-0.4, -0.2) is 15.9 Å². The van der Waals surface area contributed by atoms with Gasteiger partial charge in [-0.15, -0.1) is 11.3 Å². The number of aromatic hydroxyl groups is 1. The summed E-state index contributed by atoms with van der Waals surface area (Å²) in [6.45, 7) is 1.60. The Labute approximate surface area is 142 Å². The number of aliphatic imine (C=N–C) groups is 1. The third kappa shape index (κ3) is 2.31. The molecule has 2 heterocycles. The van der Waals surface area contributed by atoms with Crippen molar-refractivity contribution in [1.29, 1.82) is 10.5 Å². The molecule has 0 aliphatic heterocycles. The van der Waals surface area contributed by atoms with Crippen molar-refractivity contribution in [3.8, 4) is 18.0 Å². The van der Waals surface area contributed by atoms with Crippen molar-refractivity contribution in [1.82, 2.24) is 4.57 Å². The molecule has 0 spiro atoms. The molecule has 3 rings (SSSR count). The van der Waals surface area contributed by atoms with Gasteiger partial charge in [-0.1, -0.05) is 0 Å². The third-order valence-electron chi connectivity index (χ3n) is 4.29. The summed E-state index contributed by atoms with van der Waals surface area (Å²) in [5, 5.41) is 29.3. The highest BCUT2D eigenvalue weighted by Gasteiger charge is 2.22. The molecule has 0 fully saturated rings. The third-order valence-corrected chi connectivity index (χ3v) is 5.49. The lowest BCUT2D eigenvalue weighted by Gasteiger charge is -2.09. The van der Waals surface area contributed by atoms with E-state index >= 15 is 0 Å². The van der Waals surface area contributed by atoms with Crippen LogP contribution >= 0.6 is 11.3 Å². The SMILES string of the molecule is Cc1c(C=Nc2sc3c(c2C#N)CCC3)c(O)n(C)c(=O)c1C#N. The van der Waals surface area contributed by atoms with E-state index in [4.69, 9.17) is 5.26 Å². The van der Waals surface area contributed by atoms with Gasteiger partial charge in [0.2, 0.25) is 5.88 Å². The number of aryl methyl sites for hydroxylation is 1. The van der Waals surface area contributed by atoms with Crippen LogP contribution in [0.4, 0.5) is 5.00 Å². The van der Waals surface area contributed by atoms with Gasteiger partial charge in [0.15, 0.2) is 0 Å². The summed E-state index contributed by atoms with van der Waals surface area (Å²) in [4.78, 5) is 17.5. The van der Waals surface area contributed by atoms with Crippen LogP contribution in [0, 0.1) is 29.6 Å². The summed E-state index contributed by atoms with van der Waals surface area (Å²) < 4.78 is 1.02. The minimum Gasteiger partial charge on any atom is -0.494 e. The molecular formula is C17H14N4O2S. The molecule has 120 valence electrons. The minimum atomic E-state index is -0.544. The molecule has 24 heavy (non-hydrogen) atoms. The molecule has 0 unspecified atom stereocenters. The van der Waals surface area contributed by atoms with Crippen LogP contribution in [0.15, 0.2) is 9.79 Å². The quantitative estimate of drug-likeness (QED) is 0.850. The molecular weight excluding hydrogens is 324 g/mol. The lowest BCUT2D eigenvalue weighted by Crippen LogP contribution is -2.22. The van der Waals surface area contributed by atoms with E-state index in [0.717, 1.165) is 29.4 Å². The predicted molar refractivity (Wildman–Crippen MR) is 91.1 cm³/mol. The van der Waals surface area contributed by atoms with Gasteiger partial charge in [0, 0.05) is 18.1 Å². The number of aromatic nitrogens is 1. The average Bonchev–Trinajstić information content (AvgIpc) is 3.13. The van der Waals surface area contributed by atoms with Gasteiger partial charge in [-0.05, 0) is 37.3 Å². The normalized spacial score (nSPS) is 13.0. The van der Waals surface area contributed by atoms with Gasteiger partial charge in [0.25, 0.3) is 5.56 Å². The van der Waals surface area contributed by atoms with Crippen molar-refractivity contribution in [2.45, 2.75) is 26.2 Å². The van der Waals surface area contributed by atoms with E-state index < -0.39 is 5.56 Å². The standard InChI is InChI=1S/C17H14N4O2S/c1-9-11(6-18)16(22)21(2)17(23)13(9)8-20-15-12(7-19)10-4-3-5-14(10)24-15/h8,23H,3-5H2,1-2H3. The highest BCUT2D eigenvalue weighted by Crippen LogP contribution is 2.40. The van der Waals surface area contributed by atoms with Gasteiger partial charge in [0.1, 0.15) is 22.7 Å². The largest absolute Gasteiger partial charge is 0.494 e. The monoisotopic (exact) mass is 338 g/mol. The number of thiophene rings is 1. The highest BCUT2D eigenvalue weighted by atomic mass is 32.1. The Hall–Kier alpha value is -2.90. The summed E-state index contributed by atoms with van der Waals surface area (Å²) in [5.41, 5.74) is 1.79. The Morgan fingerprint density at radius 1 is 1.29 bits per heavy atom. The topological polar surface area (TPSA) is 102 Å². The molecule has 0 saturated carbocycles. The number of rotatable bonds is 2. The van der Waals surface area contributed by atoms with E-state index in [1.807, 2.05) is 6.07 Å². The van der Waals surface area contributed by atoms with Gasteiger partial charge in [0.05, 0.1) is 11.1 Å². The van der Waals surface area contributed by atoms with E-state index in [2.05, 4.69) is 11.1 Å². The first-order valence-corrected chi connectivity index (χ1v) is 8.22. The molecule has 1 N–H and O–H groups in total. The molecule has 2 aromatic heterocycles. The van der Waals surface area contributed by atoms with E-state index in [9.17, 15) is 15.2 Å². The number of hydrogen-bond acceptors (Lipinski definition) is 6. The first-order chi connectivity index (χ1) is 11.5. The second-order valence-corrected chi connectivity index (χ2v) is 6.70. The molecule has 1 aliphatic rings.